The fourth-order valence-corrected chi connectivity index (χ4v) is 3.49. The van der Waals surface area contributed by atoms with Crippen molar-refractivity contribution < 1.29 is 19.0 Å². The highest BCUT2D eigenvalue weighted by Gasteiger charge is 2.37. The second-order valence-electron chi connectivity index (χ2n) is 6.63. The molecule has 0 spiro atoms. The first-order chi connectivity index (χ1) is 13.2. The molecule has 0 aromatic heterocycles. The molecule has 1 aliphatic heterocycles. The van der Waals surface area contributed by atoms with E-state index in [-0.39, 0.29) is 11.4 Å². The molecule has 1 aliphatic rings. The second-order valence-corrected chi connectivity index (χ2v) is 6.63. The van der Waals surface area contributed by atoms with E-state index in [4.69, 9.17) is 14.2 Å². The lowest BCUT2D eigenvalue weighted by Crippen LogP contribution is -2.45. The molecule has 0 saturated carbocycles. The summed E-state index contributed by atoms with van der Waals surface area (Å²) in [5, 5.41) is 5.89. The maximum Gasteiger partial charge on any atom is 0.319 e. The van der Waals surface area contributed by atoms with Crippen LogP contribution in [0, 0.1) is 0 Å². The highest BCUT2D eigenvalue weighted by molar-refractivity contribution is 5.89. The molecule has 6 nitrogen and oxygen atoms in total. The van der Waals surface area contributed by atoms with Gasteiger partial charge in [-0.25, -0.2) is 4.79 Å². The number of anilines is 1. The van der Waals surface area contributed by atoms with Gasteiger partial charge in [0.1, 0.15) is 11.5 Å². The van der Waals surface area contributed by atoms with E-state index in [0.717, 1.165) is 29.9 Å². The molecular formula is C21H26N2O4. The van der Waals surface area contributed by atoms with Crippen molar-refractivity contribution in [1.82, 2.24) is 5.32 Å². The molecule has 6 heteroatoms. The summed E-state index contributed by atoms with van der Waals surface area (Å²) >= 11 is 0. The molecule has 144 valence electrons. The summed E-state index contributed by atoms with van der Waals surface area (Å²) in [6, 6.07) is 15.0. The maximum absolute atomic E-state index is 12.4. The van der Waals surface area contributed by atoms with Gasteiger partial charge in [-0.3, -0.25) is 0 Å². The average molecular weight is 370 g/mol. The predicted molar refractivity (Wildman–Crippen MR) is 105 cm³/mol. The summed E-state index contributed by atoms with van der Waals surface area (Å²) in [4.78, 5) is 12.4. The fourth-order valence-electron chi connectivity index (χ4n) is 3.49. The van der Waals surface area contributed by atoms with Crippen LogP contribution in [0.2, 0.25) is 0 Å². The zero-order valence-corrected chi connectivity index (χ0v) is 15.8. The molecule has 2 aromatic rings. The van der Waals surface area contributed by atoms with Crippen LogP contribution in [0.4, 0.5) is 10.5 Å². The number of carbonyl (C=O) groups excluding carboxylic acids is 1. The first-order valence-electron chi connectivity index (χ1n) is 9.07. The van der Waals surface area contributed by atoms with Gasteiger partial charge >= 0.3 is 6.03 Å². The summed E-state index contributed by atoms with van der Waals surface area (Å²) in [6.45, 7) is 1.85. The van der Waals surface area contributed by atoms with Crippen molar-refractivity contribution in [2.45, 2.75) is 18.3 Å². The minimum absolute atomic E-state index is 0.206. The Kier molecular flexibility index (Phi) is 6.19. The maximum atomic E-state index is 12.4. The van der Waals surface area contributed by atoms with Crippen LogP contribution in [-0.2, 0) is 10.2 Å². The third-order valence-electron chi connectivity index (χ3n) is 5.06. The number of carbonyl (C=O) groups is 1. The Morgan fingerprint density at radius 1 is 1.04 bits per heavy atom. The first kappa shape index (κ1) is 19.0. The molecule has 2 N–H and O–H groups in total. The Hall–Kier alpha value is -2.73. The summed E-state index contributed by atoms with van der Waals surface area (Å²) < 4.78 is 16.3. The molecule has 0 unspecified atom stereocenters. The van der Waals surface area contributed by atoms with E-state index in [1.807, 2.05) is 42.5 Å². The molecule has 2 amide bonds. The number of benzene rings is 2. The Balaban J connectivity index is 1.70. The number of amides is 2. The monoisotopic (exact) mass is 370 g/mol. The molecule has 27 heavy (non-hydrogen) atoms. The molecule has 1 fully saturated rings. The van der Waals surface area contributed by atoms with Gasteiger partial charge in [0.25, 0.3) is 0 Å². The molecule has 3 rings (SSSR count). The number of rotatable bonds is 6. The highest BCUT2D eigenvalue weighted by atomic mass is 16.5. The zero-order valence-electron chi connectivity index (χ0n) is 15.8. The number of hydrogen-bond donors (Lipinski definition) is 2. The van der Waals surface area contributed by atoms with Crippen LogP contribution in [-0.4, -0.2) is 40.0 Å². The fraction of sp³-hybridized carbons (Fsp3) is 0.381. The Morgan fingerprint density at radius 3 is 2.41 bits per heavy atom. The van der Waals surface area contributed by atoms with Crippen molar-refractivity contribution >= 4 is 11.7 Å². The smallest absolute Gasteiger partial charge is 0.319 e. The van der Waals surface area contributed by atoms with Crippen molar-refractivity contribution in [3.05, 3.63) is 54.1 Å². The SMILES string of the molecule is COc1ccc(NC(=O)NCC2(c3ccccc3OC)CCOCC2)cc1. The Labute approximate surface area is 159 Å². The van der Waals surface area contributed by atoms with Gasteiger partial charge in [0.05, 0.1) is 14.2 Å². The van der Waals surface area contributed by atoms with E-state index in [9.17, 15) is 4.79 Å². The minimum atomic E-state index is -0.235. The van der Waals surface area contributed by atoms with Gasteiger partial charge in [-0.05, 0) is 43.2 Å². The minimum Gasteiger partial charge on any atom is -0.497 e. The lowest BCUT2D eigenvalue weighted by atomic mass is 9.73. The average Bonchev–Trinajstić information content (AvgIpc) is 2.73. The molecule has 0 atom stereocenters. The van der Waals surface area contributed by atoms with Crippen molar-refractivity contribution in [2.24, 2.45) is 0 Å². The van der Waals surface area contributed by atoms with Crippen LogP contribution in [0.15, 0.2) is 48.5 Å². The summed E-state index contributed by atoms with van der Waals surface area (Å²) in [7, 11) is 3.29. The van der Waals surface area contributed by atoms with E-state index in [1.165, 1.54) is 0 Å². The number of hydrogen-bond acceptors (Lipinski definition) is 4. The first-order valence-corrected chi connectivity index (χ1v) is 9.07. The van der Waals surface area contributed by atoms with Crippen LogP contribution in [0.1, 0.15) is 18.4 Å². The molecule has 1 saturated heterocycles. The zero-order chi connectivity index (χ0) is 19.1. The van der Waals surface area contributed by atoms with Gasteiger partial charge < -0.3 is 24.8 Å². The number of nitrogens with one attached hydrogen (secondary N) is 2. The molecule has 0 aliphatic carbocycles. The predicted octanol–water partition coefficient (Wildman–Crippen LogP) is 3.57. The topological polar surface area (TPSA) is 68.8 Å². The Bertz CT molecular complexity index is 755. The van der Waals surface area contributed by atoms with E-state index in [0.29, 0.717) is 25.4 Å². The summed E-state index contributed by atoms with van der Waals surface area (Å²) in [6.07, 6.45) is 1.66. The normalized spacial score (nSPS) is 15.6. The molecule has 0 radical (unpaired) electrons. The molecule has 0 bridgehead atoms. The Morgan fingerprint density at radius 2 is 1.74 bits per heavy atom. The standard InChI is InChI=1S/C21H26N2O4/c1-25-17-9-7-16(8-10-17)23-20(24)22-15-21(11-13-27-14-12-21)18-5-3-4-6-19(18)26-2/h3-10H,11-15H2,1-2H3,(H2,22,23,24). The second kappa shape index (κ2) is 8.77. The van der Waals surface area contributed by atoms with Crippen LogP contribution in [0.5, 0.6) is 11.5 Å². The molecule has 2 aromatic carbocycles. The number of methoxy groups -OCH3 is 2. The van der Waals surface area contributed by atoms with Gasteiger partial charge in [-0.2, -0.15) is 0 Å². The van der Waals surface area contributed by atoms with Crippen molar-refractivity contribution in [3.8, 4) is 11.5 Å². The van der Waals surface area contributed by atoms with Crippen LogP contribution >= 0.6 is 0 Å². The molecular weight excluding hydrogens is 344 g/mol. The number of ether oxygens (including phenoxy) is 3. The number of urea groups is 1. The third-order valence-corrected chi connectivity index (χ3v) is 5.06. The third kappa shape index (κ3) is 4.52. The van der Waals surface area contributed by atoms with E-state index in [2.05, 4.69) is 16.7 Å². The summed E-state index contributed by atoms with van der Waals surface area (Å²) in [5.41, 5.74) is 1.62. The van der Waals surface area contributed by atoms with E-state index < -0.39 is 0 Å². The quantitative estimate of drug-likeness (QED) is 0.816. The largest absolute Gasteiger partial charge is 0.497 e. The lowest BCUT2D eigenvalue weighted by Gasteiger charge is -2.38. The van der Waals surface area contributed by atoms with Crippen LogP contribution in [0.3, 0.4) is 0 Å². The van der Waals surface area contributed by atoms with Crippen molar-refractivity contribution in [2.75, 3.05) is 39.3 Å². The van der Waals surface area contributed by atoms with E-state index >= 15 is 0 Å². The van der Waals surface area contributed by atoms with Gasteiger partial charge in [0, 0.05) is 36.4 Å². The van der Waals surface area contributed by atoms with E-state index in [1.54, 1.807) is 14.2 Å². The van der Waals surface area contributed by atoms with Gasteiger partial charge in [-0.1, -0.05) is 18.2 Å². The van der Waals surface area contributed by atoms with Crippen molar-refractivity contribution in [3.63, 3.8) is 0 Å². The van der Waals surface area contributed by atoms with Gasteiger partial charge in [-0.15, -0.1) is 0 Å². The lowest BCUT2D eigenvalue weighted by molar-refractivity contribution is 0.0500. The highest BCUT2D eigenvalue weighted by Crippen LogP contribution is 2.39. The van der Waals surface area contributed by atoms with Crippen LogP contribution < -0.4 is 20.1 Å². The summed E-state index contributed by atoms with van der Waals surface area (Å²) in [5.74, 6) is 1.59. The van der Waals surface area contributed by atoms with Crippen LogP contribution in [0.25, 0.3) is 0 Å². The van der Waals surface area contributed by atoms with Crippen molar-refractivity contribution in [1.29, 1.82) is 0 Å². The number of para-hydroxylation sites is 1. The van der Waals surface area contributed by atoms with Gasteiger partial charge in [0.2, 0.25) is 0 Å². The van der Waals surface area contributed by atoms with Gasteiger partial charge in [0.15, 0.2) is 0 Å². The molecule has 1 heterocycles.